The Balaban J connectivity index is 1.90. The predicted molar refractivity (Wildman–Crippen MR) is 113 cm³/mol. The second-order valence-corrected chi connectivity index (χ2v) is 6.19. The van der Waals surface area contributed by atoms with Gasteiger partial charge in [0.1, 0.15) is 0 Å². The van der Waals surface area contributed by atoms with E-state index < -0.39 is 5.97 Å². The monoisotopic (exact) mass is 410 g/mol. The lowest BCUT2D eigenvalue weighted by Gasteiger charge is -2.10. The summed E-state index contributed by atoms with van der Waals surface area (Å²) in [5, 5.41) is 8.74. The molecule has 2 aromatic heterocycles. The first-order valence-electron chi connectivity index (χ1n) is 8.36. The van der Waals surface area contributed by atoms with E-state index in [4.69, 9.17) is 22.7 Å². The van der Waals surface area contributed by atoms with E-state index in [9.17, 15) is 4.79 Å². The van der Waals surface area contributed by atoms with E-state index in [0.717, 1.165) is 0 Å². The minimum Gasteiger partial charge on any atom is -0.465 e. The van der Waals surface area contributed by atoms with Gasteiger partial charge in [0.25, 0.3) is 0 Å². The Labute approximate surface area is 171 Å². The summed E-state index contributed by atoms with van der Waals surface area (Å²) in [4.78, 5) is 27.5. The van der Waals surface area contributed by atoms with E-state index in [1.807, 2.05) is 0 Å². The molecule has 3 aromatic rings. The first kappa shape index (κ1) is 19.9. The van der Waals surface area contributed by atoms with Crippen LogP contribution in [0.5, 0.6) is 0 Å². The molecule has 0 aliphatic heterocycles. The number of anilines is 2. The Bertz CT molecular complexity index is 1030. The molecule has 0 unspecified atom stereocenters. The number of nitrogens with one attached hydrogen (secondary N) is 2. The van der Waals surface area contributed by atoms with Crippen LogP contribution in [0.2, 0.25) is 0 Å². The number of benzene rings is 1. The Morgan fingerprint density at radius 1 is 1.34 bits per heavy atom. The number of nitrogens with zero attached hydrogens (tertiary/aromatic N) is 5. The third kappa shape index (κ3) is 5.11. The fraction of sp³-hybridized carbons (Fsp3) is 0.111. The normalized spacial score (nSPS) is 10.7. The summed E-state index contributed by atoms with van der Waals surface area (Å²) in [6, 6.07) is 8.49. The molecule has 0 bridgehead atoms. The summed E-state index contributed by atoms with van der Waals surface area (Å²) in [5.74, 6) is -0.0724. The average molecular weight is 410 g/mol. The number of hydrogen-bond acceptors (Lipinski definition) is 8. The van der Waals surface area contributed by atoms with Crippen LogP contribution in [0.25, 0.3) is 11.4 Å². The molecular formula is C18H18N8O2S. The van der Waals surface area contributed by atoms with Crippen LogP contribution in [0.4, 0.5) is 11.6 Å². The number of methoxy groups -OCH3 is 1. The van der Waals surface area contributed by atoms with Crippen molar-refractivity contribution in [3.63, 3.8) is 0 Å². The lowest BCUT2D eigenvalue weighted by Crippen LogP contribution is -2.27. The van der Waals surface area contributed by atoms with Crippen molar-refractivity contribution < 1.29 is 9.53 Å². The molecule has 0 atom stereocenters. The van der Waals surface area contributed by atoms with Crippen molar-refractivity contribution in [3.8, 4) is 11.4 Å². The fourth-order valence-electron chi connectivity index (χ4n) is 2.26. The van der Waals surface area contributed by atoms with Gasteiger partial charge in [0, 0.05) is 12.7 Å². The van der Waals surface area contributed by atoms with Crippen molar-refractivity contribution in [2.45, 2.75) is 0 Å². The van der Waals surface area contributed by atoms with Gasteiger partial charge in [-0.3, -0.25) is 0 Å². The van der Waals surface area contributed by atoms with E-state index in [0.29, 0.717) is 34.3 Å². The molecule has 0 fully saturated rings. The molecule has 0 spiro atoms. The lowest BCUT2D eigenvalue weighted by atomic mass is 10.2. The van der Waals surface area contributed by atoms with Gasteiger partial charge in [-0.1, -0.05) is 0 Å². The number of hydrogen-bond donors (Lipinski definition) is 3. The maximum Gasteiger partial charge on any atom is 0.337 e. The Kier molecular flexibility index (Phi) is 6.09. The largest absolute Gasteiger partial charge is 0.465 e. The van der Waals surface area contributed by atoms with Crippen LogP contribution in [-0.4, -0.2) is 56.4 Å². The highest BCUT2D eigenvalue weighted by molar-refractivity contribution is 7.80. The number of ether oxygens (including phenoxy) is 1. The van der Waals surface area contributed by atoms with Gasteiger partial charge in [-0.05, 0) is 42.5 Å². The topological polar surface area (TPSA) is 134 Å². The molecule has 29 heavy (non-hydrogen) atoms. The number of carbonyl (C=O) groups excluding carboxylic acids is 1. The molecule has 0 aliphatic carbocycles. The van der Waals surface area contributed by atoms with Gasteiger partial charge in [-0.15, -0.1) is 0 Å². The van der Waals surface area contributed by atoms with Gasteiger partial charge in [0.05, 0.1) is 48.5 Å². The van der Waals surface area contributed by atoms with Crippen LogP contribution >= 0.6 is 12.2 Å². The first-order valence-corrected chi connectivity index (χ1v) is 8.77. The third-order valence-electron chi connectivity index (χ3n) is 3.76. The zero-order valence-electron chi connectivity index (χ0n) is 15.7. The molecular weight excluding hydrogens is 392 g/mol. The number of hydrazone groups is 1. The molecule has 1 aromatic carbocycles. The molecule has 4 N–H and O–H groups in total. The minimum absolute atomic E-state index is 0.133. The molecule has 0 saturated carbocycles. The SMILES string of the molecule is COC(=O)c1ccc(Nc2nc(/C=N/N(C)C(N)=S)cc(-c3cnc[nH]3)n2)cc1. The zero-order chi connectivity index (χ0) is 20.8. The molecule has 0 aliphatic rings. The van der Waals surface area contributed by atoms with E-state index in [-0.39, 0.29) is 5.11 Å². The van der Waals surface area contributed by atoms with E-state index in [1.165, 1.54) is 18.3 Å². The summed E-state index contributed by atoms with van der Waals surface area (Å²) in [6.07, 6.45) is 4.73. The molecule has 11 heteroatoms. The summed E-state index contributed by atoms with van der Waals surface area (Å²) >= 11 is 4.87. The molecule has 148 valence electrons. The molecule has 10 nitrogen and oxygen atoms in total. The summed E-state index contributed by atoms with van der Waals surface area (Å²) in [6.45, 7) is 0. The third-order valence-corrected chi connectivity index (χ3v) is 4.03. The van der Waals surface area contributed by atoms with Gasteiger partial charge in [0.15, 0.2) is 5.11 Å². The van der Waals surface area contributed by atoms with Crippen molar-refractivity contribution in [2.75, 3.05) is 19.5 Å². The van der Waals surface area contributed by atoms with Crippen LogP contribution in [0.3, 0.4) is 0 Å². The molecule has 0 saturated heterocycles. The minimum atomic E-state index is -0.408. The van der Waals surface area contributed by atoms with Gasteiger partial charge < -0.3 is 20.8 Å². The zero-order valence-corrected chi connectivity index (χ0v) is 16.5. The second kappa shape index (κ2) is 8.89. The van der Waals surface area contributed by atoms with E-state index in [2.05, 4.69) is 30.4 Å². The maximum atomic E-state index is 11.6. The summed E-state index contributed by atoms with van der Waals surface area (Å²) in [7, 11) is 2.97. The van der Waals surface area contributed by atoms with Crippen LogP contribution in [-0.2, 0) is 4.74 Å². The lowest BCUT2D eigenvalue weighted by molar-refractivity contribution is 0.0601. The van der Waals surface area contributed by atoms with Gasteiger partial charge in [0.2, 0.25) is 5.95 Å². The Hall–Kier alpha value is -3.86. The van der Waals surface area contributed by atoms with E-state index >= 15 is 0 Å². The number of nitrogens with two attached hydrogens (primary N) is 1. The summed E-state index contributed by atoms with van der Waals surface area (Å²) in [5.41, 5.74) is 8.54. The van der Waals surface area contributed by atoms with Crippen LogP contribution in [0.15, 0.2) is 48.0 Å². The number of thiocarbonyl (C=S) groups is 1. The first-order chi connectivity index (χ1) is 14.0. The Morgan fingerprint density at radius 3 is 2.72 bits per heavy atom. The highest BCUT2D eigenvalue weighted by Gasteiger charge is 2.09. The number of carbonyl (C=O) groups is 1. The molecule has 0 amide bonds. The number of imidazole rings is 1. The number of aromatic amines is 1. The fourth-order valence-corrected chi connectivity index (χ4v) is 2.31. The van der Waals surface area contributed by atoms with Crippen LogP contribution in [0, 0.1) is 0 Å². The highest BCUT2D eigenvalue weighted by atomic mass is 32.1. The number of rotatable bonds is 6. The van der Waals surface area contributed by atoms with Crippen LogP contribution < -0.4 is 11.1 Å². The number of aromatic nitrogens is 4. The highest BCUT2D eigenvalue weighted by Crippen LogP contribution is 2.19. The number of esters is 1. The van der Waals surface area contributed by atoms with Crippen molar-refractivity contribution in [1.82, 2.24) is 24.9 Å². The molecule has 2 heterocycles. The Morgan fingerprint density at radius 2 is 2.10 bits per heavy atom. The standard InChI is InChI=1S/C18H18N8O2S/c1-26(17(19)29)22-8-13-7-14(15-9-20-10-21-15)25-18(24-13)23-12-5-3-11(4-6-12)16(27)28-2/h3-10H,1-2H3,(H2,19,29)(H,20,21)(H,23,24,25)/b22-8+. The van der Waals surface area contributed by atoms with Gasteiger partial charge >= 0.3 is 5.97 Å². The van der Waals surface area contributed by atoms with Gasteiger partial charge in [-0.2, -0.15) is 5.10 Å². The quantitative estimate of drug-likeness (QED) is 0.241. The summed E-state index contributed by atoms with van der Waals surface area (Å²) < 4.78 is 4.70. The smallest absolute Gasteiger partial charge is 0.337 e. The van der Waals surface area contributed by atoms with Crippen molar-refractivity contribution >= 4 is 41.1 Å². The molecule has 3 rings (SSSR count). The van der Waals surface area contributed by atoms with Crippen molar-refractivity contribution in [1.29, 1.82) is 0 Å². The second-order valence-electron chi connectivity index (χ2n) is 5.77. The van der Waals surface area contributed by atoms with Gasteiger partial charge in [-0.25, -0.2) is 24.8 Å². The average Bonchev–Trinajstić information content (AvgIpc) is 3.26. The van der Waals surface area contributed by atoms with E-state index in [1.54, 1.807) is 49.9 Å². The predicted octanol–water partition coefficient (Wildman–Crippen LogP) is 1.91. The van der Waals surface area contributed by atoms with Crippen molar-refractivity contribution in [3.05, 3.63) is 54.1 Å². The van der Waals surface area contributed by atoms with Crippen LogP contribution in [0.1, 0.15) is 16.1 Å². The number of H-pyrrole nitrogens is 1. The van der Waals surface area contributed by atoms with Crippen molar-refractivity contribution in [2.24, 2.45) is 10.8 Å². The maximum absolute atomic E-state index is 11.6. The molecule has 0 radical (unpaired) electrons.